The van der Waals surface area contributed by atoms with Crippen LogP contribution in [0.25, 0.3) is 10.9 Å². The average molecular weight is 284 g/mol. The lowest BCUT2D eigenvalue weighted by molar-refractivity contribution is 0.0523. The summed E-state index contributed by atoms with van der Waals surface area (Å²) in [5.41, 5.74) is 2.36. The first-order valence-corrected chi connectivity index (χ1v) is 7.56. The Morgan fingerprint density at radius 1 is 1.29 bits per heavy atom. The number of carbonyl (C=O) groups is 1. The van der Waals surface area contributed by atoms with Gasteiger partial charge in [-0.15, -0.1) is 0 Å². The zero-order valence-electron chi connectivity index (χ0n) is 12.3. The number of aromatic nitrogens is 1. The molecule has 1 saturated heterocycles. The quantitative estimate of drug-likeness (QED) is 0.809. The van der Waals surface area contributed by atoms with Crippen LogP contribution in [0.4, 0.5) is 0 Å². The molecule has 2 heterocycles. The van der Waals surface area contributed by atoms with Crippen LogP contribution in [0.1, 0.15) is 35.8 Å². The highest BCUT2D eigenvalue weighted by molar-refractivity contribution is 5.95. The first kappa shape index (κ1) is 14.0. The summed E-state index contributed by atoms with van der Waals surface area (Å²) in [5.74, 6) is -0.273. The molecular formula is C17H20N2O2. The first-order valence-electron chi connectivity index (χ1n) is 7.56. The van der Waals surface area contributed by atoms with Crippen molar-refractivity contribution in [3.8, 4) is 0 Å². The molecule has 0 saturated carbocycles. The molecule has 4 heteroatoms. The number of rotatable bonds is 4. The molecule has 0 spiro atoms. The Bertz CT molecular complexity index is 648. The van der Waals surface area contributed by atoms with Gasteiger partial charge in [0.1, 0.15) is 0 Å². The van der Waals surface area contributed by atoms with Gasteiger partial charge in [0.15, 0.2) is 0 Å². The lowest BCUT2D eigenvalue weighted by Gasteiger charge is -2.16. The molecule has 1 aliphatic heterocycles. The molecule has 0 bridgehead atoms. The number of pyridine rings is 1. The van der Waals surface area contributed by atoms with Crippen LogP contribution in [0, 0.1) is 0 Å². The Kier molecular flexibility index (Phi) is 4.15. The van der Waals surface area contributed by atoms with E-state index in [4.69, 9.17) is 9.72 Å². The molecule has 0 atom stereocenters. The second-order valence-electron chi connectivity index (χ2n) is 5.38. The molecule has 1 aromatic heterocycles. The highest BCUT2D eigenvalue weighted by atomic mass is 16.5. The molecule has 0 aliphatic carbocycles. The van der Waals surface area contributed by atoms with Crippen LogP contribution in [0.3, 0.4) is 0 Å². The molecule has 1 aromatic carbocycles. The number of fused-ring (bicyclic) bond motifs is 1. The molecule has 0 N–H and O–H groups in total. The SMILES string of the molecule is CCOC(=O)c1cc2ccccc2nc1CN1CCCC1. The van der Waals surface area contributed by atoms with Crippen molar-refractivity contribution in [1.29, 1.82) is 0 Å². The Hall–Kier alpha value is -1.94. The molecule has 110 valence electrons. The fourth-order valence-corrected chi connectivity index (χ4v) is 2.81. The third kappa shape index (κ3) is 3.05. The summed E-state index contributed by atoms with van der Waals surface area (Å²) in [7, 11) is 0. The van der Waals surface area contributed by atoms with Gasteiger partial charge in [-0.05, 0) is 45.0 Å². The maximum Gasteiger partial charge on any atom is 0.340 e. The number of carbonyl (C=O) groups excluding carboxylic acids is 1. The summed E-state index contributed by atoms with van der Waals surface area (Å²) in [6.07, 6.45) is 2.45. The maximum atomic E-state index is 12.2. The third-order valence-electron chi connectivity index (χ3n) is 3.87. The van der Waals surface area contributed by atoms with E-state index in [1.54, 1.807) is 0 Å². The number of esters is 1. The van der Waals surface area contributed by atoms with E-state index < -0.39 is 0 Å². The van der Waals surface area contributed by atoms with Gasteiger partial charge < -0.3 is 4.74 Å². The van der Waals surface area contributed by atoms with Gasteiger partial charge in [0, 0.05) is 11.9 Å². The van der Waals surface area contributed by atoms with Crippen molar-refractivity contribution in [2.45, 2.75) is 26.3 Å². The van der Waals surface area contributed by atoms with Crippen molar-refractivity contribution in [1.82, 2.24) is 9.88 Å². The van der Waals surface area contributed by atoms with Crippen molar-refractivity contribution >= 4 is 16.9 Å². The lowest BCUT2D eigenvalue weighted by Crippen LogP contribution is -2.22. The van der Waals surface area contributed by atoms with Gasteiger partial charge in [0.05, 0.1) is 23.4 Å². The van der Waals surface area contributed by atoms with Gasteiger partial charge in [0.25, 0.3) is 0 Å². The van der Waals surface area contributed by atoms with Crippen LogP contribution in [0.2, 0.25) is 0 Å². The Morgan fingerprint density at radius 2 is 2.05 bits per heavy atom. The minimum absolute atomic E-state index is 0.273. The van der Waals surface area contributed by atoms with E-state index in [0.29, 0.717) is 12.2 Å². The molecule has 0 amide bonds. The maximum absolute atomic E-state index is 12.2. The standard InChI is InChI=1S/C17H20N2O2/c1-2-21-17(20)14-11-13-7-3-4-8-15(13)18-16(14)12-19-9-5-6-10-19/h3-4,7-8,11H,2,5-6,9-10,12H2,1H3. The average Bonchev–Trinajstić information content (AvgIpc) is 3.00. The van der Waals surface area contributed by atoms with Gasteiger partial charge in [-0.2, -0.15) is 0 Å². The number of benzene rings is 1. The number of ether oxygens (including phenoxy) is 1. The predicted octanol–water partition coefficient (Wildman–Crippen LogP) is 3.01. The molecule has 1 fully saturated rings. The van der Waals surface area contributed by atoms with E-state index in [1.165, 1.54) is 12.8 Å². The zero-order valence-corrected chi connectivity index (χ0v) is 12.3. The number of likely N-dealkylation sites (tertiary alicyclic amines) is 1. The number of hydrogen-bond acceptors (Lipinski definition) is 4. The minimum atomic E-state index is -0.273. The van der Waals surface area contributed by atoms with Crippen molar-refractivity contribution < 1.29 is 9.53 Å². The molecule has 21 heavy (non-hydrogen) atoms. The summed E-state index contributed by atoms with van der Waals surface area (Å²) in [4.78, 5) is 19.2. The van der Waals surface area contributed by atoms with Crippen LogP contribution in [0.15, 0.2) is 30.3 Å². The Balaban J connectivity index is 2.00. The lowest BCUT2D eigenvalue weighted by atomic mass is 10.1. The van der Waals surface area contributed by atoms with Crippen LogP contribution < -0.4 is 0 Å². The van der Waals surface area contributed by atoms with E-state index in [2.05, 4.69) is 4.90 Å². The topological polar surface area (TPSA) is 42.4 Å². The van der Waals surface area contributed by atoms with Gasteiger partial charge in [-0.25, -0.2) is 4.79 Å². The smallest absolute Gasteiger partial charge is 0.340 e. The molecular weight excluding hydrogens is 264 g/mol. The fraction of sp³-hybridized carbons (Fsp3) is 0.412. The zero-order chi connectivity index (χ0) is 14.7. The molecule has 0 radical (unpaired) electrons. The van der Waals surface area contributed by atoms with Gasteiger partial charge in [0.2, 0.25) is 0 Å². The van der Waals surface area contributed by atoms with Crippen molar-refractivity contribution in [2.75, 3.05) is 19.7 Å². The van der Waals surface area contributed by atoms with Gasteiger partial charge >= 0.3 is 5.97 Å². The Morgan fingerprint density at radius 3 is 2.81 bits per heavy atom. The first-order chi connectivity index (χ1) is 10.3. The normalized spacial score (nSPS) is 15.5. The molecule has 2 aromatic rings. The summed E-state index contributed by atoms with van der Waals surface area (Å²) < 4.78 is 5.18. The summed E-state index contributed by atoms with van der Waals surface area (Å²) >= 11 is 0. The summed E-state index contributed by atoms with van der Waals surface area (Å²) in [6.45, 7) is 5.09. The van der Waals surface area contributed by atoms with Crippen molar-refractivity contribution in [2.24, 2.45) is 0 Å². The molecule has 3 rings (SSSR count). The van der Waals surface area contributed by atoms with E-state index >= 15 is 0 Å². The summed E-state index contributed by atoms with van der Waals surface area (Å²) in [5, 5.41) is 0.978. The van der Waals surface area contributed by atoms with Crippen LogP contribution in [0.5, 0.6) is 0 Å². The molecule has 0 unspecified atom stereocenters. The highest BCUT2D eigenvalue weighted by Crippen LogP contribution is 2.20. The largest absolute Gasteiger partial charge is 0.462 e. The molecule has 4 nitrogen and oxygen atoms in total. The van der Waals surface area contributed by atoms with Crippen molar-refractivity contribution in [3.63, 3.8) is 0 Å². The van der Waals surface area contributed by atoms with Gasteiger partial charge in [-0.3, -0.25) is 9.88 Å². The number of para-hydroxylation sites is 1. The van der Waals surface area contributed by atoms with Crippen LogP contribution in [-0.2, 0) is 11.3 Å². The fourth-order valence-electron chi connectivity index (χ4n) is 2.81. The second-order valence-corrected chi connectivity index (χ2v) is 5.38. The second kappa shape index (κ2) is 6.22. The highest BCUT2D eigenvalue weighted by Gasteiger charge is 2.19. The minimum Gasteiger partial charge on any atom is -0.462 e. The molecule has 1 aliphatic rings. The Labute approximate surface area is 124 Å². The van der Waals surface area contributed by atoms with E-state index in [1.807, 2.05) is 37.3 Å². The van der Waals surface area contributed by atoms with Crippen LogP contribution in [-0.4, -0.2) is 35.5 Å². The van der Waals surface area contributed by atoms with Gasteiger partial charge in [-0.1, -0.05) is 18.2 Å². The summed E-state index contributed by atoms with van der Waals surface area (Å²) in [6, 6.07) is 9.80. The predicted molar refractivity (Wildman–Crippen MR) is 82.2 cm³/mol. The van der Waals surface area contributed by atoms with E-state index in [-0.39, 0.29) is 5.97 Å². The van der Waals surface area contributed by atoms with Crippen LogP contribution >= 0.6 is 0 Å². The van der Waals surface area contributed by atoms with Crippen molar-refractivity contribution in [3.05, 3.63) is 41.6 Å². The number of hydrogen-bond donors (Lipinski definition) is 0. The third-order valence-corrected chi connectivity index (χ3v) is 3.87. The van der Waals surface area contributed by atoms with E-state index in [9.17, 15) is 4.79 Å². The number of nitrogens with zero attached hydrogens (tertiary/aromatic N) is 2. The van der Waals surface area contributed by atoms with E-state index in [0.717, 1.165) is 36.2 Å². The monoisotopic (exact) mass is 284 g/mol.